The van der Waals surface area contributed by atoms with Gasteiger partial charge in [-0.1, -0.05) is 51.3 Å². The predicted octanol–water partition coefficient (Wildman–Crippen LogP) is 4.57. The van der Waals surface area contributed by atoms with Crippen LogP contribution in [-0.2, 0) is 10.3 Å². The molecule has 6 heteroatoms. The minimum Gasteiger partial charge on any atom is -0.324 e. The molecule has 3 nitrogen and oxygen atoms in total. The molecule has 0 aliphatic heterocycles. The van der Waals surface area contributed by atoms with Crippen molar-refractivity contribution < 1.29 is 4.79 Å². The Bertz CT molecular complexity index is 652. The van der Waals surface area contributed by atoms with E-state index in [2.05, 4.69) is 21.2 Å². The fourth-order valence-corrected chi connectivity index (χ4v) is 2.60. The van der Waals surface area contributed by atoms with Crippen molar-refractivity contribution >= 4 is 50.7 Å². The molecule has 0 radical (unpaired) electrons. The molecule has 1 amide bonds. The number of carbonyl (C=O) groups is 1. The van der Waals surface area contributed by atoms with Gasteiger partial charge in [-0.15, -0.1) is 0 Å². The third kappa shape index (κ3) is 3.98. The number of halogens is 3. The van der Waals surface area contributed by atoms with Crippen molar-refractivity contribution in [3.63, 3.8) is 0 Å². The Morgan fingerprint density at radius 2 is 1.67 bits per heavy atom. The molecule has 2 aromatic rings. The van der Waals surface area contributed by atoms with Gasteiger partial charge < -0.3 is 11.1 Å². The van der Waals surface area contributed by atoms with Crippen LogP contribution in [0.3, 0.4) is 0 Å². The van der Waals surface area contributed by atoms with Gasteiger partial charge >= 0.3 is 0 Å². The molecule has 0 aromatic heterocycles. The van der Waals surface area contributed by atoms with Crippen LogP contribution in [0, 0.1) is 0 Å². The van der Waals surface area contributed by atoms with Gasteiger partial charge in [0.25, 0.3) is 0 Å². The summed E-state index contributed by atoms with van der Waals surface area (Å²) in [5, 5.41) is 3.62. The van der Waals surface area contributed by atoms with Crippen molar-refractivity contribution in [3.05, 3.63) is 62.5 Å². The Morgan fingerprint density at radius 3 is 2.19 bits per heavy atom. The van der Waals surface area contributed by atoms with Crippen molar-refractivity contribution in [2.75, 3.05) is 5.32 Å². The molecule has 0 bridgehead atoms. The number of nitrogens with two attached hydrogens (primary N) is 1. The summed E-state index contributed by atoms with van der Waals surface area (Å²) in [6.45, 7) is 1.65. The van der Waals surface area contributed by atoms with E-state index in [9.17, 15) is 4.79 Å². The van der Waals surface area contributed by atoms with Gasteiger partial charge in [0.1, 0.15) is 5.54 Å². The van der Waals surface area contributed by atoms with E-state index in [0.717, 1.165) is 4.47 Å². The normalized spacial score (nSPS) is 13.6. The second kappa shape index (κ2) is 6.36. The van der Waals surface area contributed by atoms with Gasteiger partial charge in [0.2, 0.25) is 5.91 Å². The van der Waals surface area contributed by atoms with Crippen molar-refractivity contribution in [2.45, 2.75) is 12.5 Å². The Kier molecular flexibility index (Phi) is 4.94. The minimum atomic E-state index is -1.17. The molecule has 21 heavy (non-hydrogen) atoms. The average molecular weight is 388 g/mol. The first kappa shape index (κ1) is 16.3. The van der Waals surface area contributed by atoms with Crippen LogP contribution < -0.4 is 11.1 Å². The topological polar surface area (TPSA) is 55.1 Å². The van der Waals surface area contributed by atoms with E-state index in [1.807, 2.05) is 12.1 Å². The van der Waals surface area contributed by atoms with E-state index in [1.165, 1.54) is 0 Å². The zero-order valence-corrected chi connectivity index (χ0v) is 14.3. The molecule has 0 aliphatic rings. The molecule has 0 aliphatic carbocycles. The molecule has 0 saturated carbocycles. The lowest BCUT2D eigenvalue weighted by Crippen LogP contribution is -2.45. The number of benzene rings is 2. The Hall–Kier alpha value is -1.07. The standard InChI is InChI=1S/C15H13BrCl2N2O/c1-15(19,9-2-4-10(16)5-3-9)14(21)20-13-7-11(17)6-12(18)8-13/h2-8H,19H2,1H3,(H,20,21). The van der Waals surface area contributed by atoms with E-state index < -0.39 is 5.54 Å². The Morgan fingerprint density at radius 1 is 1.14 bits per heavy atom. The van der Waals surface area contributed by atoms with E-state index in [4.69, 9.17) is 28.9 Å². The van der Waals surface area contributed by atoms with E-state index in [-0.39, 0.29) is 5.91 Å². The van der Waals surface area contributed by atoms with Crippen LogP contribution in [0.5, 0.6) is 0 Å². The van der Waals surface area contributed by atoms with Crippen LogP contribution >= 0.6 is 39.1 Å². The highest BCUT2D eigenvalue weighted by Gasteiger charge is 2.30. The summed E-state index contributed by atoms with van der Waals surface area (Å²) in [7, 11) is 0. The molecule has 1 atom stereocenters. The lowest BCUT2D eigenvalue weighted by molar-refractivity contribution is -0.120. The van der Waals surface area contributed by atoms with Crippen molar-refractivity contribution in [2.24, 2.45) is 5.73 Å². The number of hydrogen-bond acceptors (Lipinski definition) is 2. The van der Waals surface area contributed by atoms with E-state index in [0.29, 0.717) is 21.3 Å². The van der Waals surface area contributed by atoms with Crippen LogP contribution in [0.15, 0.2) is 46.9 Å². The first-order chi connectivity index (χ1) is 9.79. The molecule has 1 unspecified atom stereocenters. The first-order valence-corrected chi connectivity index (χ1v) is 7.66. The SMILES string of the molecule is CC(N)(C(=O)Nc1cc(Cl)cc(Cl)c1)c1ccc(Br)cc1. The average Bonchev–Trinajstić information content (AvgIpc) is 2.37. The molecule has 110 valence electrons. The number of hydrogen-bond donors (Lipinski definition) is 2. The summed E-state index contributed by atoms with van der Waals surface area (Å²) >= 11 is 15.2. The van der Waals surface area contributed by atoms with E-state index >= 15 is 0 Å². The van der Waals surface area contributed by atoms with Crippen LogP contribution in [0.1, 0.15) is 12.5 Å². The third-order valence-corrected chi connectivity index (χ3v) is 4.00. The fourth-order valence-electron chi connectivity index (χ4n) is 1.81. The maximum absolute atomic E-state index is 12.4. The monoisotopic (exact) mass is 386 g/mol. The molecule has 0 heterocycles. The maximum Gasteiger partial charge on any atom is 0.248 e. The van der Waals surface area contributed by atoms with Crippen LogP contribution in [0.4, 0.5) is 5.69 Å². The van der Waals surface area contributed by atoms with Gasteiger partial charge in [-0.3, -0.25) is 4.79 Å². The van der Waals surface area contributed by atoms with Crippen LogP contribution in [0.2, 0.25) is 10.0 Å². The lowest BCUT2D eigenvalue weighted by atomic mass is 9.92. The van der Waals surface area contributed by atoms with E-state index in [1.54, 1.807) is 37.3 Å². The Labute approximate surface area is 141 Å². The zero-order chi connectivity index (χ0) is 15.6. The highest BCUT2D eigenvalue weighted by molar-refractivity contribution is 9.10. The summed E-state index contributed by atoms with van der Waals surface area (Å²) in [5.41, 5.74) is 6.20. The van der Waals surface area contributed by atoms with Gasteiger partial charge in [-0.2, -0.15) is 0 Å². The summed E-state index contributed by atoms with van der Waals surface area (Å²) < 4.78 is 0.920. The van der Waals surface area contributed by atoms with Gasteiger partial charge in [0.15, 0.2) is 0 Å². The molecule has 0 saturated heterocycles. The second-order valence-corrected chi connectivity index (χ2v) is 6.61. The van der Waals surface area contributed by atoms with Crippen LogP contribution in [-0.4, -0.2) is 5.91 Å². The van der Waals surface area contributed by atoms with Gasteiger partial charge in [-0.05, 0) is 42.8 Å². The number of rotatable bonds is 3. The molecular formula is C15H13BrCl2N2O. The van der Waals surface area contributed by atoms with Crippen LogP contribution in [0.25, 0.3) is 0 Å². The quantitative estimate of drug-likeness (QED) is 0.810. The number of nitrogens with one attached hydrogen (secondary N) is 1. The highest BCUT2D eigenvalue weighted by atomic mass is 79.9. The number of anilines is 1. The molecule has 3 N–H and O–H groups in total. The van der Waals surface area contributed by atoms with Crippen molar-refractivity contribution in [3.8, 4) is 0 Å². The zero-order valence-electron chi connectivity index (χ0n) is 11.2. The maximum atomic E-state index is 12.4. The lowest BCUT2D eigenvalue weighted by Gasteiger charge is -2.24. The van der Waals surface area contributed by atoms with Gasteiger partial charge in [-0.25, -0.2) is 0 Å². The molecule has 2 rings (SSSR count). The minimum absolute atomic E-state index is 0.344. The fraction of sp³-hybridized carbons (Fsp3) is 0.133. The molecule has 0 spiro atoms. The van der Waals surface area contributed by atoms with Crippen molar-refractivity contribution in [1.29, 1.82) is 0 Å². The first-order valence-electron chi connectivity index (χ1n) is 6.11. The van der Waals surface area contributed by atoms with Gasteiger partial charge in [0.05, 0.1) is 0 Å². The highest BCUT2D eigenvalue weighted by Crippen LogP contribution is 2.25. The largest absolute Gasteiger partial charge is 0.324 e. The summed E-state index contributed by atoms with van der Waals surface area (Å²) in [6.07, 6.45) is 0. The number of carbonyl (C=O) groups excluding carboxylic acids is 1. The third-order valence-electron chi connectivity index (χ3n) is 3.04. The van der Waals surface area contributed by atoms with Crippen molar-refractivity contribution in [1.82, 2.24) is 0 Å². The number of amides is 1. The summed E-state index contributed by atoms with van der Waals surface area (Å²) in [5.74, 6) is -0.344. The Balaban J connectivity index is 2.23. The summed E-state index contributed by atoms with van der Waals surface area (Å²) in [4.78, 5) is 12.4. The predicted molar refractivity (Wildman–Crippen MR) is 90.8 cm³/mol. The second-order valence-electron chi connectivity index (χ2n) is 4.82. The van der Waals surface area contributed by atoms with Gasteiger partial charge in [0, 0.05) is 20.2 Å². The summed E-state index contributed by atoms with van der Waals surface area (Å²) in [6, 6.07) is 12.1. The smallest absolute Gasteiger partial charge is 0.248 e. The molecular weight excluding hydrogens is 375 g/mol. The molecule has 0 fully saturated rings. The molecule has 2 aromatic carbocycles.